The highest BCUT2D eigenvalue weighted by Crippen LogP contribution is 2.33. The Balaban J connectivity index is 1.75. The Morgan fingerprint density at radius 3 is 2.89 bits per heavy atom. The highest BCUT2D eigenvalue weighted by molar-refractivity contribution is 5.45. The largest absolute Gasteiger partial charge is 0.454 e. The molecule has 0 saturated carbocycles. The van der Waals surface area contributed by atoms with E-state index >= 15 is 0 Å². The maximum Gasteiger partial charge on any atom is 0.261 e. The molecule has 0 spiro atoms. The van der Waals surface area contributed by atoms with Crippen molar-refractivity contribution in [3.63, 3.8) is 0 Å². The van der Waals surface area contributed by atoms with Gasteiger partial charge in [-0.15, -0.1) is 0 Å². The summed E-state index contributed by atoms with van der Waals surface area (Å²) < 4.78 is 39.0. The lowest BCUT2D eigenvalue weighted by Crippen LogP contribution is -2.24. The summed E-state index contributed by atoms with van der Waals surface area (Å²) in [6, 6.07) is 5.82. The van der Waals surface area contributed by atoms with Gasteiger partial charge in [-0.05, 0) is 24.6 Å². The summed E-state index contributed by atoms with van der Waals surface area (Å²) in [5, 5.41) is 3.20. The Labute approximate surface area is 110 Å². The minimum atomic E-state index is -2.41. The van der Waals surface area contributed by atoms with Crippen LogP contribution in [-0.2, 0) is 4.74 Å². The Bertz CT molecular complexity index is 415. The minimum Gasteiger partial charge on any atom is -0.454 e. The summed E-state index contributed by atoms with van der Waals surface area (Å²) >= 11 is 0. The van der Waals surface area contributed by atoms with Crippen LogP contribution in [0.1, 0.15) is 18.5 Å². The third-order valence-electron chi connectivity index (χ3n) is 2.84. The quantitative estimate of drug-likeness (QED) is 0.774. The summed E-state index contributed by atoms with van der Waals surface area (Å²) in [6.45, 7) is 2.51. The van der Waals surface area contributed by atoms with Gasteiger partial charge in [0.05, 0.1) is 6.61 Å². The first-order valence-electron chi connectivity index (χ1n) is 6.15. The van der Waals surface area contributed by atoms with Crippen LogP contribution in [0.15, 0.2) is 18.2 Å². The first kappa shape index (κ1) is 14.0. The molecule has 19 heavy (non-hydrogen) atoms. The number of halogens is 2. The first-order valence-corrected chi connectivity index (χ1v) is 6.15. The smallest absolute Gasteiger partial charge is 0.261 e. The Hall–Kier alpha value is -1.40. The fraction of sp³-hybridized carbons (Fsp3) is 0.538. The predicted octanol–water partition coefficient (Wildman–Crippen LogP) is 2.35. The Kier molecular flexibility index (Phi) is 4.93. The van der Waals surface area contributed by atoms with Crippen molar-refractivity contribution in [1.29, 1.82) is 0 Å². The molecule has 1 unspecified atom stereocenters. The predicted molar refractivity (Wildman–Crippen MR) is 65.8 cm³/mol. The average Bonchev–Trinajstić information content (AvgIpc) is 2.84. The van der Waals surface area contributed by atoms with Gasteiger partial charge in [-0.1, -0.05) is 6.07 Å². The molecular weight excluding hydrogens is 256 g/mol. The number of hydrogen-bond donors (Lipinski definition) is 1. The highest BCUT2D eigenvalue weighted by atomic mass is 19.3. The van der Waals surface area contributed by atoms with Gasteiger partial charge in [0.1, 0.15) is 6.61 Å². The molecule has 106 valence electrons. The number of rotatable bonds is 7. The van der Waals surface area contributed by atoms with E-state index < -0.39 is 13.0 Å². The van der Waals surface area contributed by atoms with E-state index in [0.717, 1.165) is 17.1 Å². The topological polar surface area (TPSA) is 39.7 Å². The molecule has 1 N–H and O–H groups in total. The van der Waals surface area contributed by atoms with E-state index in [2.05, 4.69) is 5.32 Å². The van der Waals surface area contributed by atoms with Gasteiger partial charge in [0.2, 0.25) is 6.79 Å². The van der Waals surface area contributed by atoms with Crippen molar-refractivity contribution in [2.24, 2.45) is 0 Å². The van der Waals surface area contributed by atoms with E-state index in [0.29, 0.717) is 6.54 Å². The number of ether oxygens (including phenoxy) is 3. The summed E-state index contributed by atoms with van der Waals surface area (Å²) in [4.78, 5) is 0. The molecule has 0 aromatic heterocycles. The van der Waals surface area contributed by atoms with Crippen molar-refractivity contribution in [3.8, 4) is 11.5 Å². The molecule has 6 heteroatoms. The number of benzene rings is 1. The zero-order valence-electron chi connectivity index (χ0n) is 10.7. The molecule has 0 aliphatic carbocycles. The lowest BCUT2D eigenvalue weighted by Gasteiger charge is -2.14. The van der Waals surface area contributed by atoms with Crippen LogP contribution in [0, 0.1) is 0 Å². The summed E-state index contributed by atoms with van der Waals surface area (Å²) in [7, 11) is 0. The van der Waals surface area contributed by atoms with Crippen LogP contribution in [0.3, 0.4) is 0 Å². The number of nitrogens with one attached hydrogen (secondary N) is 1. The van der Waals surface area contributed by atoms with Crippen molar-refractivity contribution >= 4 is 0 Å². The van der Waals surface area contributed by atoms with Gasteiger partial charge in [0, 0.05) is 12.6 Å². The SMILES string of the molecule is CC(NCCOCC(F)F)c1ccc2c(c1)OCO2. The van der Waals surface area contributed by atoms with Gasteiger partial charge in [-0.3, -0.25) is 0 Å². The lowest BCUT2D eigenvalue weighted by atomic mass is 10.1. The highest BCUT2D eigenvalue weighted by Gasteiger charge is 2.15. The van der Waals surface area contributed by atoms with Gasteiger partial charge < -0.3 is 19.5 Å². The summed E-state index contributed by atoms with van der Waals surface area (Å²) in [5.74, 6) is 1.48. The number of alkyl halides is 2. The molecule has 0 fully saturated rings. The van der Waals surface area contributed by atoms with Gasteiger partial charge >= 0.3 is 0 Å². The van der Waals surface area contributed by atoms with Crippen molar-refractivity contribution in [2.45, 2.75) is 19.4 Å². The van der Waals surface area contributed by atoms with Crippen LogP contribution in [0.5, 0.6) is 11.5 Å². The molecule has 0 amide bonds. The fourth-order valence-electron chi connectivity index (χ4n) is 1.82. The van der Waals surface area contributed by atoms with Crippen molar-refractivity contribution in [2.75, 3.05) is 26.6 Å². The summed E-state index contributed by atoms with van der Waals surface area (Å²) in [6.07, 6.45) is -2.41. The number of hydrogen-bond acceptors (Lipinski definition) is 4. The third kappa shape index (κ3) is 4.04. The van der Waals surface area contributed by atoms with Gasteiger partial charge in [-0.2, -0.15) is 0 Å². The molecule has 1 aromatic rings. The van der Waals surface area contributed by atoms with E-state index in [4.69, 9.17) is 14.2 Å². The first-order chi connectivity index (χ1) is 9.16. The maximum absolute atomic E-state index is 11.8. The second-order valence-electron chi connectivity index (χ2n) is 4.25. The molecule has 1 atom stereocenters. The van der Waals surface area contributed by atoms with Gasteiger partial charge in [-0.25, -0.2) is 8.78 Å². The average molecular weight is 273 g/mol. The minimum absolute atomic E-state index is 0.0876. The monoisotopic (exact) mass is 273 g/mol. The molecule has 1 heterocycles. The molecule has 2 rings (SSSR count). The molecule has 0 saturated heterocycles. The second-order valence-corrected chi connectivity index (χ2v) is 4.25. The van der Waals surface area contributed by atoms with Crippen molar-refractivity contribution in [1.82, 2.24) is 5.32 Å². The van der Waals surface area contributed by atoms with E-state index in [1.54, 1.807) is 0 Å². The maximum atomic E-state index is 11.8. The van der Waals surface area contributed by atoms with Crippen LogP contribution in [0.25, 0.3) is 0 Å². The van der Waals surface area contributed by atoms with Crippen LogP contribution in [0.4, 0.5) is 8.78 Å². The molecule has 0 bridgehead atoms. The fourth-order valence-corrected chi connectivity index (χ4v) is 1.82. The Morgan fingerprint density at radius 2 is 2.11 bits per heavy atom. The standard InChI is InChI=1S/C13H17F2NO3/c1-9(16-4-5-17-7-13(14)15)10-2-3-11-12(6-10)19-8-18-11/h2-3,6,9,13,16H,4-5,7-8H2,1H3. The molecular formula is C13H17F2NO3. The van der Waals surface area contributed by atoms with Crippen molar-refractivity contribution in [3.05, 3.63) is 23.8 Å². The van der Waals surface area contributed by atoms with Crippen LogP contribution < -0.4 is 14.8 Å². The molecule has 0 radical (unpaired) electrons. The van der Waals surface area contributed by atoms with E-state index in [-0.39, 0.29) is 19.4 Å². The van der Waals surface area contributed by atoms with Crippen LogP contribution in [-0.4, -0.2) is 33.0 Å². The zero-order chi connectivity index (χ0) is 13.7. The van der Waals surface area contributed by atoms with E-state index in [9.17, 15) is 8.78 Å². The molecule has 4 nitrogen and oxygen atoms in total. The molecule has 1 aliphatic rings. The number of fused-ring (bicyclic) bond motifs is 1. The van der Waals surface area contributed by atoms with Crippen molar-refractivity contribution < 1.29 is 23.0 Å². The molecule has 1 aliphatic heterocycles. The van der Waals surface area contributed by atoms with Crippen LogP contribution in [0.2, 0.25) is 0 Å². The van der Waals surface area contributed by atoms with E-state index in [1.807, 2.05) is 25.1 Å². The zero-order valence-corrected chi connectivity index (χ0v) is 10.7. The molecule has 1 aromatic carbocycles. The van der Waals surface area contributed by atoms with Crippen LogP contribution >= 0.6 is 0 Å². The van der Waals surface area contributed by atoms with E-state index in [1.165, 1.54) is 0 Å². The van der Waals surface area contributed by atoms with Gasteiger partial charge in [0.25, 0.3) is 6.43 Å². The Morgan fingerprint density at radius 1 is 1.32 bits per heavy atom. The third-order valence-corrected chi connectivity index (χ3v) is 2.84. The van der Waals surface area contributed by atoms with Gasteiger partial charge in [0.15, 0.2) is 11.5 Å². The lowest BCUT2D eigenvalue weighted by molar-refractivity contribution is 0.0183. The normalized spacial score (nSPS) is 14.9. The summed E-state index contributed by atoms with van der Waals surface area (Å²) in [5.41, 5.74) is 1.05. The second kappa shape index (κ2) is 6.68.